The third-order valence-electron chi connectivity index (χ3n) is 5.84. The first kappa shape index (κ1) is 21.9. The van der Waals surface area contributed by atoms with Crippen molar-refractivity contribution in [2.24, 2.45) is 4.99 Å². The van der Waals surface area contributed by atoms with Gasteiger partial charge in [0.1, 0.15) is 5.70 Å². The molecule has 32 heavy (non-hydrogen) atoms. The standard InChI is InChI=1S/C29H24N2.BrH/c1-2-31-21-30-28(26-19-11-9-17-24(26)22-13-5-3-6-14-22)29(31)27-20-12-10-18-25(27)23-15-7-4-8-16-23;/h3-21H,2H2,1H3;1H. The first-order valence-electron chi connectivity index (χ1n) is 10.8. The van der Waals surface area contributed by atoms with Crippen molar-refractivity contribution in [1.29, 1.82) is 0 Å². The van der Waals surface area contributed by atoms with Crippen LogP contribution in [-0.4, -0.2) is 12.9 Å². The molecule has 4 aromatic carbocycles. The van der Waals surface area contributed by atoms with Crippen LogP contribution in [-0.2, 0) is 0 Å². The Morgan fingerprint density at radius 3 is 1.53 bits per heavy atom. The summed E-state index contributed by atoms with van der Waals surface area (Å²) in [5, 5.41) is 0. The average molecular weight is 481 g/mol. The molecule has 2 nitrogen and oxygen atoms in total. The lowest BCUT2D eigenvalue weighted by Crippen LogP contribution is -3.07. The summed E-state index contributed by atoms with van der Waals surface area (Å²) >= 11 is 0. The molecule has 0 spiro atoms. The summed E-state index contributed by atoms with van der Waals surface area (Å²) in [5.74, 6) is 0. The van der Waals surface area contributed by atoms with Crippen molar-refractivity contribution in [2.45, 2.75) is 6.92 Å². The SMILES string of the molecule is CC[NH+]1C=NC(c2ccccc2-c2ccccc2)=C1c1ccccc1-c1ccccc1.[Br-]. The summed E-state index contributed by atoms with van der Waals surface area (Å²) in [5.41, 5.74) is 9.59. The van der Waals surface area contributed by atoms with Crippen molar-refractivity contribution in [2.75, 3.05) is 6.54 Å². The third kappa shape index (κ3) is 4.10. The van der Waals surface area contributed by atoms with Gasteiger partial charge in [-0.05, 0) is 35.2 Å². The Bertz CT molecular complexity index is 1260. The van der Waals surface area contributed by atoms with Crippen LogP contribution in [0.3, 0.4) is 0 Å². The van der Waals surface area contributed by atoms with E-state index >= 15 is 0 Å². The normalized spacial score (nSPS) is 15.0. The van der Waals surface area contributed by atoms with E-state index in [9.17, 15) is 0 Å². The van der Waals surface area contributed by atoms with Gasteiger partial charge in [0.25, 0.3) is 0 Å². The molecule has 0 amide bonds. The fourth-order valence-corrected chi connectivity index (χ4v) is 4.33. The molecule has 3 heteroatoms. The van der Waals surface area contributed by atoms with E-state index in [4.69, 9.17) is 4.99 Å². The fraction of sp³-hybridized carbons (Fsp3) is 0.0690. The molecule has 0 saturated heterocycles. The summed E-state index contributed by atoms with van der Waals surface area (Å²) in [6.45, 7) is 3.15. The second-order valence-corrected chi connectivity index (χ2v) is 7.68. The largest absolute Gasteiger partial charge is 1.00 e. The summed E-state index contributed by atoms with van der Waals surface area (Å²) in [6.07, 6.45) is 2.05. The maximum atomic E-state index is 4.95. The Morgan fingerprint density at radius 1 is 0.562 bits per heavy atom. The molecule has 0 fully saturated rings. The highest BCUT2D eigenvalue weighted by atomic mass is 79.9. The second-order valence-electron chi connectivity index (χ2n) is 7.68. The van der Waals surface area contributed by atoms with Gasteiger partial charge in [-0.2, -0.15) is 4.99 Å². The van der Waals surface area contributed by atoms with Crippen LogP contribution in [0.4, 0.5) is 0 Å². The van der Waals surface area contributed by atoms with Crippen LogP contribution in [0, 0.1) is 0 Å². The van der Waals surface area contributed by atoms with E-state index in [1.54, 1.807) is 0 Å². The molecule has 0 bridgehead atoms. The number of halogens is 1. The molecular weight excluding hydrogens is 456 g/mol. The van der Waals surface area contributed by atoms with Crippen molar-refractivity contribution < 1.29 is 21.9 Å². The van der Waals surface area contributed by atoms with Gasteiger partial charge in [-0.3, -0.25) is 4.90 Å². The summed E-state index contributed by atoms with van der Waals surface area (Å²) in [6, 6.07) is 38.5. The van der Waals surface area contributed by atoms with Gasteiger partial charge in [0.05, 0.1) is 6.54 Å². The number of aliphatic imine (C=N–C) groups is 1. The van der Waals surface area contributed by atoms with Gasteiger partial charge < -0.3 is 17.0 Å². The number of hydrogen-bond acceptors (Lipinski definition) is 1. The van der Waals surface area contributed by atoms with Crippen LogP contribution in [0.5, 0.6) is 0 Å². The van der Waals surface area contributed by atoms with Crippen molar-refractivity contribution in [1.82, 2.24) is 0 Å². The summed E-state index contributed by atoms with van der Waals surface area (Å²) in [7, 11) is 0. The van der Waals surface area contributed by atoms with Gasteiger partial charge in [-0.25, -0.2) is 0 Å². The van der Waals surface area contributed by atoms with Gasteiger partial charge in [0, 0.05) is 11.1 Å². The van der Waals surface area contributed by atoms with Crippen LogP contribution >= 0.6 is 0 Å². The highest BCUT2D eigenvalue weighted by Gasteiger charge is 2.29. The molecule has 1 heterocycles. The summed E-state index contributed by atoms with van der Waals surface area (Å²) in [4.78, 5) is 6.23. The quantitative estimate of drug-likeness (QED) is 0.452. The van der Waals surface area contributed by atoms with Crippen molar-refractivity contribution in [3.63, 3.8) is 0 Å². The van der Waals surface area contributed by atoms with Crippen molar-refractivity contribution in [3.05, 3.63) is 120 Å². The fourth-order valence-electron chi connectivity index (χ4n) is 4.33. The molecule has 1 aliphatic rings. The molecule has 0 radical (unpaired) electrons. The predicted octanol–water partition coefficient (Wildman–Crippen LogP) is 2.80. The third-order valence-corrected chi connectivity index (χ3v) is 5.84. The average Bonchev–Trinajstić information content (AvgIpc) is 3.29. The Balaban J connectivity index is 0.00000245. The lowest BCUT2D eigenvalue weighted by atomic mass is 9.92. The molecular formula is C29H25BrN2. The molecule has 5 rings (SSSR count). The smallest absolute Gasteiger partial charge is 0.194 e. The Kier molecular flexibility index (Phi) is 6.79. The molecule has 0 saturated carbocycles. The minimum Gasteiger partial charge on any atom is -1.00 e. The number of rotatable bonds is 5. The lowest BCUT2D eigenvalue weighted by Gasteiger charge is -2.17. The molecule has 0 aromatic heterocycles. The number of hydrogen-bond donors (Lipinski definition) is 1. The van der Waals surface area contributed by atoms with Crippen molar-refractivity contribution in [3.8, 4) is 22.3 Å². The van der Waals surface area contributed by atoms with Crippen LogP contribution in [0.15, 0.2) is 114 Å². The van der Waals surface area contributed by atoms with Gasteiger partial charge in [-0.1, -0.05) is 103 Å². The predicted molar refractivity (Wildman–Crippen MR) is 131 cm³/mol. The molecule has 1 aliphatic heterocycles. The lowest BCUT2D eigenvalue weighted by molar-refractivity contribution is -0.710. The van der Waals surface area contributed by atoms with E-state index in [0.717, 1.165) is 12.2 Å². The van der Waals surface area contributed by atoms with E-state index in [1.807, 2.05) is 6.34 Å². The first-order chi connectivity index (χ1) is 15.4. The zero-order valence-corrected chi connectivity index (χ0v) is 19.6. The monoisotopic (exact) mass is 480 g/mol. The van der Waals surface area contributed by atoms with Crippen LogP contribution in [0.25, 0.3) is 33.6 Å². The topological polar surface area (TPSA) is 16.8 Å². The van der Waals surface area contributed by atoms with E-state index in [1.165, 1.54) is 44.0 Å². The second kappa shape index (κ2) is 9.90. The van der Waals surface area contributed by atoms with Crippen molar-refractivity contribution >= 4 is 17.7 Å². The highest BCUT2D eigenvalue weighted by molar-refractivity contribution is 5.99. The Labute approximate surface area is 200 Å². The van der Waals surface area contributed by atoms with Gasteiger partial charge in [-0.15, -0.1) is 0 Å². The van der Waals surface area contributed by atoms with E-state index < -0.39 is 0 Å². The molecule has 1 N–H and O–H groups in total. The number of nitrogens with one attached hydrogen (secondary N) is 1. The van der Waals surface area contributed by atoms with E-state index in [-0.39, 0.29) is 17.0 Å². The number of quaternary nitrogens is 1. The highest BCUT2D eigenvalue weighted by Crippen LogP contribution is 2.36. The molecule has 4 aromatic rings. The summed E-state index contributed by atoms with van der Waals surface area (Å²) < 4.78 is 0. The molecule has 0 aliphatic carbocycles. The van der Waals surface area contributed by atoms with Crippen LogP contribution in [0.1, 0.15) is 18.1 Å². The maximum Gasteiger partial charge on any atom is 0.194 e. The molecule has 1 unspecified atom stereocenters. The van der Waals surface area contributed by atoms with E-state index in [2.05, 4.69) is 116 Å². The number of benzene rings is 4. The zero-order chi connectivity index (χ0) is 21.0. The van der Waals surface area contributed by atoms with Gasteiger partial charge >= 0.3 is 0 Å². The minimum atomic E-state index is 0. The maximum absolute atomic E-state index is 4.95. The van der Waals surface area contributed by atoms with Gasteiger partial charge in [0.15, 0.2) is 12.0 Å². The Hall–Kier alpha value is -3.27. The molecule has 1 atom stereocenters. The first-order valence-corrected chi connectivity index (χ1v) is 10.8. The zero-order valence-electron chi connectivity index (χ0n) is 18.0. The minimum absolute atomic E-state index is 0. The van der Waals surface area contributed by atoms with Crippen LogP contribution in [0.2, 0.25) is 0 Å². The van der Waals surface area contributed by atoms with Crippen LogP contribution < -0.4 is 21.9 Å². The Morgan fingerprint density at radius 2 is 1.00 bits per heavy atom. The number of nitrogens with zero attached hydrogens (tertiary/aromatic N) is 1. The van der Waals surface area contributed by atoms with Gasteiger partial charge in [0.2, 0.25) is 0 Å². The van der Waals surface area contributed by atoms with E-state index in [0.29, 0.717) is 0 Å². The molecule has 158 valence electrons.